The molecule has 0 bridgehead atoms. The number of nitrogens with one attached hydrogen (secondary N) is 3. The Labute approximate surface area is 176 Å². The number of fused-ring (bicyclic) bond motifs is 1. The van der Waals surface area contributed by atoms with Crippen molar-refractivity contribution in [2.24, 2.45) is 5.92 Å². The maximum Gasteiger partial charge on any atom is 0.245 e. The summed E-state index contributed by atoms with van der Waals surface area (Å²) in [6.07, 6.45) is 1.53. The van der Waals surface area contributed by atoms with Crippen molar-refractivity contribution >= 4 is 23.6 Å². The summed E-state index contributed by atoms with van der Waals surface area (Å²) in [5.41, 5.74) is 0.892. The predicted octanol–water partition coefficient (Wildman–Crippen LogP) is 0.364. The summed E-state index contributed by atoms with van der Waals surface area (Å²) >= 11 is 0. The van der Waals surface area contributed by atoms with Crippen molar-refractivity contribution in [3.05, 3.63) is 35.9 Å². The van der Waals surface area contributed by atoms with Crippen molar-refractivity contribution in [3.8, 4) is 0 Å². The van der Waals surface area contributed by atoms with Crippen LogP contribution in [0, 0.1) is 5.92 Å². The van der Waals surface area contributed by atoms with Crippen LogP contribution in [0.15, 0.2) is 30.3 Å². The Balaban J connectivity index is 1.92. The number of carbonyl (C=O) groups is 4. The molecule has 2 fully saturated rings. The van der Waals surface area contributed by atoms with Crippen molar-refractivity contribution in [2.45, 2.75) is 64.2 Å². The molecule has 30 heavy (non-hydrogen) atoms. The van der Waals surface area contributed by atoms with Crippen LogP contribution in [0.3, 0.4) is 0 Å². The fourth-order valence-electron chi connectivity index (χ4n) is 4.03. The highest BCUT2D eigenvalue weighted by molar-refractivity contribution is 5.97. The second-order valence-corrected chi connectivity index (χ2v) is 8.40. The molecule has 1 aromatic rings. The number of hydrogen-bond donors (Lipinski definition) is 3. The lowest BCUT2D eigenvalue weighted by molar-refractivity contribution is -0.143. The third-order valence-electron chi connectivity index (χ3n) is 5.73. The predicted molar refractivity (Wildman–Crippen MR) is 111 cm³/mol. The Morgan fingerprint density at radius 2 is 1.67 bits per heavy atom. The molecule has 0 aliphatic carbocycles. The van der Waals surface area contributed by atoms with Crippen LogP contribution in [0.4, 0.5) is 0 Å². The van der Waals surface area contributed by atoms with Gasteiger partial charge in [0.05, 0.1) is 0 Å². The molecular formula is C22H30N4O4. The van der Waals surface area contributed by atoms with Gasteiger partial charge in [-0.15, -0.1) is 0 Å². The van der Waals surface area contributed by atoms with Gasteiger partial charge in [0.25, 0.3) is 0 Å². The number of benzene rings is 1. The third-order valence-corrected chi connectivity index (χ3v) is 5.73. The molecule has 3 N–H and O–H groups in total. The molecule has 162 valence electrons. The van der Waals surface area contributed by atoms with Crippen LogP contribution in [0.25, 0.3) is 0 Å². The molecule has 4 atom stereocenters. The molecular weight excluding hydrogens is 384 g/mol. The first-order valence-electron chi connectivity index (χ1n) is 10.5. The fourth-order valence-corrected chi connectivity index (χ4v) is 4.03. The maximum atomic E-state index is 13.1. The van der Waals surface area contributed by atoms with Gasteiger partial charge in [0.1, 0.15) is 24.2 Å². The Morgan fingerprint density at radius 1 is 0.967 bits per heavy atom. The van der Waals surface area contributed by atoms with Gasteiger partial charge in [-0.25, -0.2) is 0 Å². The van der Waals surface area contributed by atoms with E-state index in [1.807, 2.05) is 44.2 Å². The molecule has 2 aliphatic heterocycles. The van der Waals surface area contributed by atoms with Crippen LogP contribution in [0.5, 0.6) is 0 Å². The maximum absolute atomic E-state index is 13.1. The lowest BCUT2D eigenvalue weighted by atomic mass is 10.00. The van der Waals surface area contributed by atoms with Crippen LogP contribution >= 0.6 is 0 Å². The van der Waals surface area contributed by atoms with Gasteiger partial charge in [0.2, 0.25) is 23.6 Å². The minimum Gasteiger partial charge on any atom is -0.343 e. The zero-order valence-corrected chi connectivity index (χ0v) is 17.7. The minimum absolute atomic E-state index is 0.188. The summed E-state index contributed by atoms with van der Waals surface area (Å²) < 4.78 is 0. The first-order chi connectivity index (χ1) is 14.3. The van der Waals surface area contributed by atoms with Gasteiger partial charge in [0.15, 0.2) is 0 Å². The van der Waals surface area contributed by atoms with E-state index in [9.17, 15) is 19.2 Å². The number of carbonyl (C=O) groups excluding carboxylic acids is 4. The molecule has 0 unspecified atom stereocenters. The van der Waals surface area contributed by atoms with Gasteiger partial charge in [-0.3, -0.25) is 19.2 Å². The quantitative estimate of drug-likeness (QED) is 0.664. The Morgan fingerprint density at radius 3 is 2.33 bits per heavy atom. The molecule has 0 radical (unpaired) electrons. The number of amides is 4. The monoisotopic (exact) mass is 414 g/mol. The first kappa shape index (κ1) is 21.8. The van der Waals surface area contributed by atoms with E-state index in [4.69, 9.17) is 0 Å². The summed E-state index contributed by atoms with van der Waals surface area (Å²) in [6.45, 7) is 5.71. The SMILES string of the molecule is CC(C)[C@H]1NC(=O)[C@H](Cc2ccccc2)NC(=O)[C@@H]2CCCN2C(=O)[C@H](C)NC1=O. The highest BCUT2D eigenvalue weighted by atomic mass is 16.2. The van der Waals surface area contributed by atoms with Crippen molar-refractivity contribution in [1.82, 2.24) is 20.9 Å². The Kier molecular flexibility index (Phi) is 6.74. The number of nitrogens with zero attached hydrogens (tertiary/aromatic N) is 1. The summed E-state index contributed by atoms with van der Waals surface area (Å²) in [7, 11) is 0. The first-order valence-corrected chi connectivity index (χ1v) is 10.5. The summed E-state index contributed by atoms with van der Waals surface area (Å²) in [5.74, 6) is -1.62. The lowest BCUT2D eigenvalue weighted by Gasteiger charge is -2.32. The average Bonchev–Trinajstić information content (AvgIpc) is 3.20. The largest absolute Gasteiger partial charge is 0.343 e. The molecule has 8 nitrogen and oxygen atoms in total. The molecule has 3 rings (SSSR count). The third kappa shape index (κ3) is 4.80. The fraction of sp³-hybridized carbons (Fsp3) is 0.545. The summed E-state index contributed by atoms with van der Waals surface area (Å²) in [6, 6.07) is 6.32. The zero-order chi connectivity index (χ0) is 21.8. The highest BCUT2D eigenvalue weighted by Gasteiger charge is 2.39. The average molecular weight is 415 g/mol. The molecule has 8 heteroatoms. The minimum atomic E-state index is -0.844. The van der Waals surface area contributed by atoms with Gasteiger partial charge < -0.3 is 20.9 Å². The van der Waals surface area contributed by atoms with E-state index in [0.29, 0.717) is 25.8 Å². The second-order valence-electron chi connectivity index (χ2n) is 8.40. The molecule has 2 aliphatic rings. The van der Waals surface area contributed by atoms with E-state index in [1.165, 1.54) is 4.90 Å². The van der Waals surface area contributed by atoms with Gasteiger partial charge in [-0.1, -0.05) is 44.2 Å². The van der Waals surface area contributed by atoms with Gasteiger partial charge in [0, 0.05) is 13.0 Å². The van der Waals surface area contributed by atoms with Gasteiger partial charge >= 0.3 is 0 Å². The van der Waals surface area contributed by atoms with E-state index in [0.717, 1.165) is 5.56 Å². The molecule has 0 aromatic heterocycles. The van der Waals surface area contributed by atoms with Crippen molar-refractivity contribution in [2.75, 3.05) is 6.54 Å². The molecule has 4 amide bonds. The van der Waals surface area contributed by atoms with Crippen LogP contribution in [-0.2, 0) is 25.6 Å². The van der Waals surface area contributed by atoms with Crippen molar-refractivity contribution in [1.29, 1.82) is 0 Å². The van der Waals surface area contributed by atoms with E-state index >= 15 is 0 Å². The smallest absolute Gasteiger partial charge is 0.245 e. The standard InChI is InChI=1S/C22H30N4O4/c1-13(2)18-21(29)23-14(3)22(30)26-11-7-10-17(26)20(28)24-16(19(27)25-18)12-15-8-5-4-6-9-15/h4-6,8-9,13-14,16-18H,7,10-12H2,1-3H3,(H,23,29)(H,24,28)(H,25,27)/t14-,16-,17-,18+/m0/s1. The number of rotatable bonds is 3. The van der Waals surface area contributed by atoms with Gasteiger partial charge in [-0.2, -0.15) is 0 Å². The van der Waals surface area contributed by atoms with E-state index in [2.05, 4.69) is 16.0 Å². The highest BCUT2D eigenvalue weighted by Crippen LogP contribution is 2.20. The molecule has 2 saturated heterocycles. The van der Waals surface area contributed by atoms with Crippen LogP contribution in [0.2, 0.25) is 0 Å². The summed E-state index contributed by atoms with van der Waals surface area (Å²) in [4.78, 5) is 53.3. The second kappa shape index (κ2) is 9.28. The molecule has 2 heterocycles. The number of hydrogen-bond acceptors (Lipinski definition) is 4. The van der Waals surface area contributed by atoms with E-state index < -0.39 is 36.0 Å². The van der Waals surface area contributed by atoms with E-state index in [1.54, 1.807) is 6.92 Å². The lowest BCUT2D eigenvalue weighted by Crippen LogP contribution is -2.62. The Bertz CT molecular complexity index is 811. The normalized spacial score (nSPS) is 28.2. The Hall–Kier alpha value is -2.90. The van der Waals surface area contributed by atoms with Crippen LogP contribution in [-0.4, -0.2) is 59.2 Å². The zero-order valence-electron chi connectivity index (χ0n) is 17.7. The van der Waals surface area contributed by atoms with Crippen LogP contribution in [0.1, 0.15) is 39.2 Å². The molecule has 0 saturated carbocycles. The van der Waals surface area contributed by atoms with Crippen LogP contribution < -0.4 is 16.0 Å². The van der Waals surface area contributed by atoms with Gasteiger partial charge in [-0.05, 0) is 31.2 Å². The van der Waals surface area contributed by atoms with E-state index in [-0.39, 0.29) is 17.7 Å². The van der Waals surface area contributed by atoms with Crippen molar-refractivity contribution < 1.29 is 19.2 Å². The molecule has 0 spiro atoms. The van der Waals surface area contributed by atoms with Crippen molar-refractivity contribution in [3.63, 3.8) is 0 Å². The topological polar surface area (TPSA) is 108 Å². The molecule has 1 aromatic carbocycles. The summed E-state index contributed by atoms with van der Waals surface area (Å²) in [5, 5.41) is 8.33.